The van der Waals surface area contributed by atoms with Crippen molar-refractivity contribution in [1.29, 1.82) is 0 Å². The predicted octanol–water partition coefficient (Wildman–Crippen LogP) is 7.08. The number of fused-ring (bicyclic) bond motifs is 2. The van der Waals surface area contributed by atoms with Crippen LogP contribution in [0.2, 0.25) is 5.02 Å². The molecule has 0 spiro atoms. The van der Waals surface area contributed by atoms with E-state index >= 15 is 0 Å². The summed E-state index contributed by atoms with van der Waals surface area (Å²) in [7, 11) is -4.74. The third-order valence-corrected chi connectivity index (χ3v) is 12.7. The average Bonchev–Trinajstić information content (AvgIpc) is 3.69. The minimum Gasteiger partial charge on any atom is -0.488 e. The molecule has 2 aromatic heterocycles. The number of nitrogens with zero attached hydrogens (tertiary/aromatic N) is 4. The van der Waals surface area contributed by atoms with Crippen LogP contribution in [0.5, 0.6) is 17.2 Å². The van der Waals surface area contributed by atoms with Crippen LogP contribution >= 0.6 is 11.6 Å². The molecule has 3 aliphatic rings. The van der Waals surface area contributed by atoms with Crippen LogP contribution in [0.1, 0.15) is 49.0 Å². The Morgan fingerprint density at radius 1 is 1.08 bits per heavy atom. The molecule has 0 bridgehead atoms. The Morgan fingerprint density at radius 2 is 1.85 bits per heavy atom. The van der Waals surface area contributed by atoms with Crippen molar-refractivity contribution in [2.75, 3.05) is 49.5 Å². The van der Waals surface area contributed by atoms with Gasteiger partial charge in [-0.3, -0.25) is 19.8 Å². The smallest absolute Gasteiger partial charge is 0.329 e. The summed E-state index contributed by atoms with van der Waals surface area (Å²) in [5.74, 6) is -2.25. The lowest BCUT2D eigenvalue weighted by Crippen LogP contribution is -2.47. The quantitative estimate of drug-likeness (QED) is 0.0775. The number of halogens is 1. The van der Waals surface area contributed by atoms with E-state index in [0.717, 1.165) is 62.1 Å². The van der Waals surface area contributed by atoms with E-state index in [2.05, 4.69) is 51.1 Å². The van der Waals surface area contributed by atoms with E-state index in [1.807, 2.05) is 22.9 Å². The number of allylic oxidation sites excluding steroid dienone is 1. The number of H-pyrrole nitrogens is 1. The highest BCUT2D eigenvalue weighted by Gasteiger charge is 2.35. The van der Waals surface area contributed by atoms with Gasteiger partial charge in [-0.25, -0.2) is 22.9 Å². The Balaban J connectivity index is 1.04. The zero-order valence-electron chi connectivity index (χ0n) is 32.7. The molecular weight excluding hydrogens is 814 g/mol. The number of rotatable bonds is 11. The van der Waals surface area contributed by atoms with Crippen molar-refractivity contribution in [2.24, 2.45) is 5.41 Å². The number of carboxylic acid groups (broad SMARTS) is 1. The number of amides is 1. The van der Waals surface area contributed by atoms with Gasteiger partial charge in [0.1, 0.15) is 23.8 Å². The molecule has 4 heterocycles. The van der Waals surface area contributed by atoms with E-state index < -0.39 is 50.1 Å². The topological polar surface area (TPSA) is 209 Å². The predicted molar refractivity (Wildman–Crippen MR) is 226 cm³/mol. The Kier molecular flexibility index (Phi) is 10.9. The normalized spacial score (nSPS) is 18.0. The molecule has 5 aromatic rings. The average molecular weight is 856 g/mol. The van der Waals surface area contributed by atoms with Crippen LogP contribution in [0, 0.1) is 15.5 Å². The minimum absolute atomic E-state index is 0.0607. The summed E-state index contributed by atoms with van der Waals surface area (Å²) in [5, 5.41) is 25.3. The van der Waals surface area contributed by atoms with Gasteiger partial charge in [-0.2, -0.15) is 0 Å². The molecule has 1 amide bonds. The zero-order valence-corrected chi connectivity index (χ0v) is 34.3. The second-order valence-corrected chi connectivity index (χ2v) is 18.0. The molecule has 0 radical (unpaired) electrons. The lowest BCUT2D eigenvalue weighted by Gasteiger charge is -2.39. The number of nitro benzene ring substituents is 1. The van der Waals surface area contributed by atoms with Crippen LogP contribution in [-0.4, -0.2) is 90.6 Å². The molecular formula is C42H42ClN7O9S. The Morgan fingerprint density at radius 3 is 2.58 bits per heavy atom. The maximum atomic E-state index is 13.9. The summed E-state index contributed by atoms with van der Waals surface area (Å²) >= 11 is 6.22. The third kappa shape index (κ3) is 8.59. The number of sulfonamides is 1. The lowest BCUT2D eigenvalue weighted by atomic mass is 9.72. The number of piperazine rings is 1. The number of aromatic amines is 1. The number of pyridine rings is 1. The van der Waals surface area contributed by atoms with Gasteiger partial charge in [-0.05, 0) is 72.2 Å². The van der Waals surface area contributed by atoms with Crippen molar-refractivity contribution >= 4 is 67.2 Å². The van der Waals surface area contributed by atoms with Crippen LogP contribution in [0.3, 0.4) is 0 Å². The van der Waals surface area contributed by atoms with Crippen LogP contribution < -0.4 is 24.4 Å². The highest BCUT2D eigenvalue weighted by Crippen LogP contribution is 2.44. The summed E-state index contributed by atoms with van der Waals surface area (Å²) in [4.78, 5) is 47.9. The van der Waals surface area contributed by atoms with E-state index in [0.29, 0.717) is 29.5 Å². The first kappa shape index (κ1) is 40.6. The molecule has 1 aliphatic carbocycles. The van der Waals surface area contributed by atoms with Gasteiger partial charge in [0, 0.05) is 73.2 Å². The van der Waals surface area contributed by atoms with Gasteiger partial charge in [0.2, 0.25) is 0 Å². The summed E-state index contributed by atoms with van der Waals surface area (Å²) in [5.41, 5.74) is 4.48. The van der Waals surface area contributed by atoms with E-state index in [4.69, 9.17) is 21.1 Å². The van der Waals surface area contributed by atoms with Gasteiger partial charge >= 0.3 is 5.97 Å². The fraction of sp³-hybridized carbons (Fsp3) is 0.310. The maximum Gasteiger partial charge on any atom is 0.329 e. The number of carbonyl (C=O) groups excluding carboxylic acids is 1. The molecule has 1 atom stereocenters. The standard InChI is InChI=1S/C42H42ClN7O9S/c1-42(2)11-9-27(33(21-42)25-3-5-28(43)6-4-25)23-48-13-15-49(16-14-48)29-7-8-32(36(18-29)59-30-17-26-10-12-44-39(26)45-22-30)40(51)47-60(56,57)31-19-35(50(54)55)38-37(20-31)58-24-34(46-38)41(52)53/h3-8,10,12,17-20,22,34,46H,9,11,13-16,21,23-24H2,1-2H3,(H,44,45)(H,47,51)(H,52,53)/t34-/m1/s1. The Bertz CT molecular complexity index is 2660. The van der Waals surface area contributed by atoms with E-state index in [1.54, 1.807) is 24.4 Å². The van der Waals surface area contributed by atoms with Gasteiger partial charge in [0.05, 0.1) is 21.6 Å². The summed E-state index contributed by atoms with van der Waals surface area (Å²) in [6.07, 6.45) is 6.35. The van der Waals surface area contributed by atoms with Gasteiger partial charge < -0.3 is 29.8 Å². The molecule has 16 nitrogen and oxygen atoms in total. The highest BCUT2D eigenvalue weighted by molar-refractivity contribution is 7.90. The van der Waals surface area contributed by atoms with Gasteiger partial charge in [-0.15, -0.1) is 0 Å². The summed E-state index contributed by atoms with van der Waals surface area (Å²) in [6.45, 7) is 8.02. The van der Waals surface area contributed by atoms with Crippen molar-refractivity contribution in [2.45, 2.75) is 44.0 Å². The largest absolute Gasteiger partial charge is 0.488 e. The Hall–Kier alpha value is -6.17. The molecule has 8 rings (SSSR count). The van der Waals surface area contributed by atoms with Crippen molar-refractivity contribution < 1.29 is 37.5 Å². The van der Waals surface area contributed by atoms with Crippen LogP contribution in [0.4, 0.5) is 17.1 Å². The third-order valence-electron chi connectivity index (χ3n) is 11.2. The SMILES string of the molecule is CC1(C)CCC(CN2CCN(c3ccc(C(=O)NS(=O)(=O)c4cc5c(c([N+](=O)[O-])c4)N[C@@H](C(=O)O)CO5)c(Oc4cnc5[nH]ccc5c4)c3)CC2)=C(c2ccc(Cl)cc2)C1. The number of carboxylic acids is 1. The number of hydrogen-bond donors (Lipinski definition) is 4. The van der Waals surface area contributed by atoms with Crippen LogP contribution in [-0.2, 0) is 14.8 Å². The lowest BCUT2D eigenvalue weighted by molar-refractivity contribution is -0.384. The van der Waals surface area contributed by atoms with Crippen LogP contribution in [0.15, 0.2) is 89.6 Å². The number of ether oxygens (including phenoxy) is 2. The molecule has 0 unspecified atom stereocenters. The second-order valence-electron chi connectivity index (χ2n) is 15.9. The second kappa shape index (κ2) is 16.1. The number of anilines is 2. The van der Waals surface area contributed by atoms with E-state index in [1.165, 1.54) is 29.0 Å². The van der Waals surface area contributed by atoms with Gasteiger partial charge in [-0.1, -0.05) is 43.2 Å². The maximum absolute atomic E-state index is 13.9. The monoisotopic (exact) mass is 855 g/mol. The molecule has 60 heavy (non-hydrogen) atoms. The minimum atomic E-state index is -4.74. The fourth-order valence-electron chi connectivity index (χ4n) is 7.87. The summed E-state index contributed by atoms with van der Waals surface area (Å²) < 4.78 is 41.0. The molecule has 312 valence electrons. The number of nitro groups is 1. The molecule has 1 saturated heterocycles. The van der Waals surface area contributed by atoms with Crippen molar-refractivity contribution in [3.05, 3.63) is 111 Å². The zero-order chi connectivity index (χ0) is 42.3. The van der Waals surface area contributed by atoms with Gasteiger partial charge in [0.25, 0.3) is 21.6 Å². The van der Waals surface area contributed by atoms with Gasteiger partial charge in [0.15, 0.2) is 17.5 Å². The van der Waals surface area contributed by atoms with Crippen molar-refractivity contribution in [3.63, 3.8) is 0 Å². The number of hydrogen-bond acceptors (Lipinski definition) is 12. The first-order chi connectivity index (χ1) is 28.6. The number of aromatic nitrogens is 2. The number of carbonyl (C=O) groups is 2. The molecule has 18 heteroatoms. The molecule has 4 N–H and O–H groups in total. The van der Waals surface area contributed by atoms with E-state index in [9.17, 15) is 33.2 Å². The Labute approximate surface area is 350 Å². The highest BCUT2D eigenvalue weighted by atomic mass is 35.5. The fourth-order valence-corrected chi connectivity index (χ4v) is 9.00. The van der Waals surface area contributed by atoms with Crippen molar-refractivity contribution in [1.82, 2.24) is 19.6 Å². The molecule has 3 aromatic carbocycles. The number of nitrogens with one attached hydrogen (secondary N) is 3. The van der Waals surface area contributed by atoms with Crippen molar-refractivity contribution in [3.8, 4) is 17.2 Å². The molecule has 1 fully saturated rings. The van der Waals surface area contributed by atoms with Crippen LogP contribution in [0.25, 0.3) is 16.6 Å². The van der Waals surface area contributed by atoms with E-state index in [-0.39, 0.29) is 28.2 Å². The molecule has 0 saturated carbocycles. The summed E-state index contributed by atoms with van der Waals surface area (Å²) in [6, 6.07) is 17.0. The number of benzene rings is 3. The molecule has 2 aliphatic heterocycles. The first-order valence-corrected chi connectivity index (χ1v) is 21.2. The number of aliphatic carboxylic acids is 1. The first-order valence-electron chi connectivity index (χ1n) is 19.3.